The number of carbonyl (C=O) groups is 3. The van der Waals surface area contributed by atoms with Crippen LogP contribution in [-0.2, 0) is 0 Å². The molecular weight excluding hydrogens is 332 g/mol. The summed E-state index contributed by atoms with van der Waals surface area (Å²) in [6.07, 6.45) is -1.17. The predicted octanol–water partition coefficient (Wildman–Crippen LogP) is 2.54. The molecule has 0 amide bonds. The maximum absolute atomic E-state index is 12.9. The van der Waals surface area contributed by atoms with Crippen molar-refractivity contribution < 1.29 is 19.5 Å². The van der Waals surface area contributed by atoms with Crippen LogP contribution in [0, 0.1) is 5.92 Å². The Morgan fingerprint density at radius 1 is 1.00 bits per heavy atom. The first-order chi connectivity index (χ1) is 12.4. The van der Waals surface area contributed by atoms with E-state index >= 15 is 0 Å². The summed E-state index contributed by atoms with van der Waals surface area (Å²) in [6, 6.07) is 9.79. The van der Waals surface area contributed by atoms with Crippen molar-refractivity contribution in [2.75, 3.05) is 0 Å². The Balaban J connectivity index is 1.93. The molecule has 6 nitrogen and oxygen atoms in total. The van der Waals surface area contributed by atoms with E-state index in [4.69, 9.17) is 0 Å². The van der Waals surface area contributed by atoms with Gasteiger partial charge in [0.25, 0.3) is 0 Å². The monoisotopic (exact) mass is 348 g/mol. The summed E-state index contributed by atoms with van der Waals surface area (Å²) < 4.78 is 0. The van der Waals surface area contributed by atoms with E-state index in [0.29, 0.717) is 16.5 Å². The zero-order valence-corrected chi connectivity index (χ0v) is 14.2. The van der Waals surface area contributed by atoms with Crippen LogP contribution in [-0.4, -0.2) is 38.8 Å². The molecule has 1 heterocycles. The van der Waals surface area contributed by atoms with Gasteiger partial charge in [-0.3, -0.25) is 19.5 Å². The number of aromatic nitrogens is 2. The summed E-state index contributed by atoms with van der Waals surface area (Å²) in [5.41, 5.74) is 1.58. The molecule has 0 saturated heterocycles. The summed E-state index contributed by atoms with van der Waals surface area (Å²) in [6.45, 7) is 3.48. The molecule has 1 aliphatic rings. The van der Waals surface area contributed by atoms with Gasteiger partial charge in [-0.1, -0.05) is 38.1 Å². The second-order valence-corrected chi connectivity index (χ2v) is 6.74. The predicted molar refractivity (Wildman–Crippen MR) is 94.6 cm³/mol. The largest absolute Gasteiger partial charge is 0.385 e. The number of hydrogen-bond acceptors (Lipinski definition) is 5. The fourth-order valence-electron chi connectivity index (χ4n) is 3.30. The van der Waals surface area contributed by atoms with Crippen LogP contribution in [0.2, 0.25) is 0 Å². The molecule has 2 aromatic carbocycles. The highest BCUT2D eigenvalue weighted by Gasteiger charge is 2.33. The average molecular weight is 348 g/mol. The van der Waals surface area contributed by atoms with Gasteiger partial charge in [0.15, 0.2) is 11.6 Å². The van der Waals surface area contributed by atoms with E-state index in [0.717, 1.165) is 0 Å². The van der Waals surface area contributed by atoms with Crippen LogP contribution in [0.15, 0.2) is 36.4 Å². The van der Waals surface area contributed by atoms with Gasteiger partial charge < -0.3 is 5.11 Å². The smallest absolute Gasteiger partial charge is 0.209 e. The first kappa shape index (κ1) is 16.4. The van der Waals surface area contributed by atoms with Crippen LogP contribution in [0.1, 0.15) is 56.2 Å². The quantitative estimate of drug-likeness (QED) is 0.554. The van der Waals surface area contributed by atoms with Crippen molar-refractivity contribution in [2.24, 2.45) is 5.92 Å². The minimum absolute atomic E-state index is 0.142. The van der Waals surface area contributed by atoms with E-state index in [1.165, 1.54) is 0 Å². The topological polar surface area (TPSA) is 100 Å². The maximum Gasteiger partial charge on any atom is 0.209 e. The lowest BCUT2D eigenvalue weighted by Gasteiger charge is -2.17. The van der Waals surface area contributed by atoms with Crippen LogP contribution in [0.25, 0.3) is 10.9 Å². The van der Waals surface area contributed by atoms with Gasteiger partial charge in [0.05, 0.1) is 5.56 Å². The number of carbonyl (C=O) groups excluding carboxylic acids is 3. The minimum atomic E-state index is -1.17. The highest BCUT2D eigenvalue weighted by molar-refractivity contribution is 6.32. The molecule has 3 aromatic rings. The molecular formula is C20H16N2O4. The van der Waals surface area contributed by atoms with Gasteiger partial charge in [-0.2, -0.15) is 5.10 Å². The number of rotatable bonds is 3. The molecule has 1 aliphatic carbocycles. The molecule has 0 spiro atoms. The number of hydrogen-bond donors (Lipinski definition) is 2. The number of fused-ring (bicyclic) bond motifs is 4. The molecule has 0 radical (unpaired) electrons. The van der Waals surface area contributed by atoms with Crippen molar-refractivity contribution >= 4 is 28.3 Å². The second-order valence-electron chi connectivity index (χ2n) is 6.74. The molecule has 1 atom stereocenters. The van der Waals surface area contributed by atoms with Gasteiger partial charge >= 0.3 is 0 Å². The van der Waals surface area contributed by atoms with Crippen molar-refractivity contribution in [1.29, 1.82) is 0 Å². The van der Waals surface area contributed by atoms with E-state index in [1.807, 2.05) is 0 Å². The fraction of sp³-hybridized carbons (Fsp3) is 0.200. The molecule has 6 heteroatoms. The van der Waals surface area contributed by atoms with Crippen LogP contribution < -0.4 is 0 Å². The van der Waals surface area contributed by atoms with Gasteiger partial charge in [0.2, 0.25) is 5.78 Å². The molecule has 4 rings (SSSR count). The Labute approximate surface area is 148 Å². The number of aliphatic hydroxyl groups is 1. The number of Topliss-reactive ketones (excluding diaryl/α,β-unsaturated/α-hetero) is 1. The molecule has 130 valence electrons. The first-order valence-corrected chi connectivity index (χ1v) is 8.33. The number of nitrogens with one attached hydrogen (secondary N) is 1. The third-order valence-corrected chi connectivity index (χ3v) is 4.76. The Morgan fingerprint density at radius 3 is 2.31 bits per heavy atom. The van der Waals surface area contributed by atoms with E-state index in [9.17, 15) is 19.5 Å². The average Bonchev–Trinajstić information content (AvgIpc) is 3.08. The lowest BCUT2D eigenvalue weighted by Crippen LogP contribution is -2.26. The van der Waals surface area contributed by atoms with Crippen LogP contribution in [0.4, 0.5) is 0 Å². The molecule has 1 unspecified atom stereocenters. The third kappa shape index (κ3) is 2.16. The molecule has 1 aromatic heterocycles. The van der Waals surface area contributed by atoms with Gasteiger partial charge in [-0.15, -0.1) is 0 Å². The van der Waals surface area contributed by atoms with Crippen molar-refractivity contribution in [3.8, 4) is 0 Å². The lowest BCUT2D eigenvalue weighted by atomic mass is 9.83. The van der Waals surface area contributed by atoms with Crippen LogP contribution >= 0.6 is 0 Å². The van der Waals surface area contributed by atoms with Gasteiger partial charge in [-0.05, 0) is 18.1 Å². The van der Waals surface area contributed by atoms with E-state index in [-0.39, 0.29) is 39.8 Å². The van der Waals surface area contributed by atoms with Crippen molar-refractivity contribution in [1.82, 2.24) is 10.2 Å². The maximum atomic E-state index is 12.9. The highest BCUT2D eigenvalue weighted by atomic mass is 16.3. The second kappa shape index (κ2) is 5.71. The zero-order chi connectivity index (χ0) is 18.6. The molecule has 2 N–H and O–H groups in total. The summed E-state index contributed by atoms with van der Waals surface area (Å²) in [5, 5.41) is 17.3. The highest BCUT2D eigenvalue weighted by Crippen LogP contribution is 2.33. The number of H-pyrrole nitrogens is 1. The SMILES string of the molecule is CC(C)C(O)C(=O)c1[nH]nc2c3c(ccc12)C(=O)c1ccccc1C3=O. The Morgan fingerprint density at radius 2 is 1.65 bits per heavy atom. The molecule has 26 heavy (non-hydrogen) atoms. The van der Waals surface area contributed by atoms with E-state index < -0.39 is 11.9 Å². The number of nitrogens with zero attached hydrogens (tertiary/aromatic N) is 1. The Hall–Kier alpha value is -3.12. The van der Waals surface area contributed by atoms with Gasteiger partial charge in [-0.25, -0.2) is 0 Å². The van der Waals surface area contributed by atoms with Crippen LogP contribution in [0.5, 0.6) is 0 Å². The first-order valence-electron chi connectivity index (χ1n) is 8.33. The van der Waals surface area contributed by atoms with Gasteiger partial charge in [0.1, 0.15) is 17.3 Å². The number of aliphatic hydroxyl groups excluding tert-OH is 1. The number of benzene rings is 2. The summed E-state index contributed by atoms with van der Waals surface area (Å²) in [5.74, 6) is -1.28. The summed E-state index contributed by atoms with van der Waals surface area (Å²) >= 11 is 0. The van der Waals surface area contributed by atoms with Gasteiger partial charge in [0, 0.05) is 22.1 Å². The third-order valence-electron chi connectivity index (χ3n) is 4.76. The standard InChI is InChI=1S/C20H16N2O4/c1-9(2)17(23)20(26)16-13-8-7-12-14(15(13)21-22-16)19(25)11-6-4-3-5-10(11)18(12)24/h3-9,17,23H,1-2H3,(H,21,22). The molecule has 0 aliphatic heterocycles. The summed E-state index contributed by atoms with van der Waals surface area (Å²) in [7, 11) is 0. The van der Waals surface area contributed by atoms with Crippen molar-refractivity contribution in [3.05, 3.63) is 64.3 Å². The molecule has 0 bridgehead atoms. The minimum Gasteiger partial charge on any atom is -0.385 e. The van der Waals surface area contributed by atoms with Crippen LogP contribution in [0.3, 0.4) is 0 Å². The Kier molecular flexibility index (Phi) is 3.59. The fourth-order valence-corrected chi connectivity index (χ4v) is 3.30. The molecule has 0 fully saturated rings. The van der Waals surface area contributed by atoms with E-state index in [2.05, 4.69) is 10.2 Å². The number of ketones is 3. The number of aromatic amines is 1. The summed E-state index contributed by atoms with van der Waals surface area (Å²) in [4.78, 5) is 38.2. The van der Waals surface area contributed by atoms with E-state index in [1.54, 1.807) is 50.2 Å². The Bertz CT molecular complexity index is 1090. The zero-order valence-electron chi connectivity index (χ0n) is 14.2. The van der Waals surface area contributed by atoms with Crippen molar-refractivity contribution in [2.45, 2.75) is 20.0 Å². The van der Waals surface area contributed by atoms with Crippen molar-refractivity contribution in [3.63, 3.8) is 0 Å². The lowest BCUT2D eigenvalue weighted by molar-refractivity contribution is 0.0644. The normalized spacial score (nSPS) is 14.5. The molecule has 0 saturated carbocycles.